The Kier molecular flexibility index (Phi) is 9.65. The van der Waals surface area contributed by atoms with Gasteiger partial charge in [0.2, 0.25) is 0 Å². The molecule has 2 aromatic heterocycles. The molecular weight excluding hydrogens is 524 g/mol. The van der Waals surface area contributed by atoms with E-state index in [9.17, 15) is 8.42 Å². The first kappa shape index (κ1) is 28.5. The van der Waals surface area contributed by atoms with Crippen molar-refractivity contribution in [3.05, 3.63) is 52.8 Å². The maximum Gasteiger partial charge on any atom is 0.416 e. The van der Waals surface area contributed by atoms with Crippen molar-refractivity contribution in [3.8, 4) is 16.6 Å². The number of primary sulfonamides is 1. The molecule has 0 spiro atoms. The molecule has 35 heavy (non-hydrogen) atoms. The third kappa shape index (κ3) is 8.79. The second kappa shape index (κ2) is 11.8. The zero-order chi connectivity index (χ0) is 26.4. The number of sulfonamides is 1. The molecule has 1 aromatic carbocycles. The standard InChI is InChI=1S/C20H23N4O4S2.ClHO4/c1-5-28-17-9-8-15(12-18(17)27-4)6-7-16-10-13(2)24(14(3)11-16)19-22-23-20(29-19)30(21,25)26;2-1(3,4)5/h6-12H,5H2,1-4H3,(H2,21,25,26);(H,2,3,4,5)/q+1;/p-1/b7-6+;. The Morgan fingerprint density at radius 1 is 1.03 bits per heavy atom. The van der Waals surface area contributed by atoms with Gasteiger partial charge in [0.25, 0.3) is 14.4 Å². The van der Waals surface area contributed by atoms with Crippen molar-refractivity contribution in [2.45, 2.75) is 25.1 Å². The first-order chi connectivity index (χ1) is 16.2. The number of nitrogens with two attached hydrogens (primary N) is 1. The van der Waals surface area contributed by atoms with E-state index in [1.807, 2.05) is 67.8 Å². The Morgan fingerprint density at radius 2 is 1.60 bits per heavy atom. The van der Waals surface area contributed by atoms with Gasteiger partial charge in [-0.1, -0.05) is 18.2 Å². The van der Waals surface area contributed by atoms with Gasteiger partial charge in [0.15, 0.2) is 11.5 Å². The maximum atomic E-state index is 11.5. The number of aromatic nitrogens is 3. The summed E-state index contributed by atoms with van der Waals surface area (Å²) in [5.41, 5.74) is 3.74. The predicted molar refractivity (Wildman–Crippen MR) is 115 cm³/mol. The van der Waals surface area contributed by atoms with E-state index < -0.39 is 20.3 Å². The van der Waals surface area contributed by atoms with E-state index in [1.165, 1.54) is 0 Å². The Morgan fingerprint density at radius 3 is 2.09 bits per heavy atom. The van der Waals surface area contributed by atoms with Crippen molar-refractivity contribution in [1.29, 1.82) is 0 Å². The van der Waals surface area contributed by atoms with E-state index in [-0.39, 0.29) is 4.34 Å². The molecule has 0 fully saturated rings. The van der Waals surface area contributed by atoms with Gasteiger partial charge in [0, 0.05) is 0 Å². The van der Waals surface area contributed by atoms with Crippen LogP contribution in [0.4, 0.5) is 0 Å². The van der Waals surface area contributed by atoms with E-state index in [1.54, 1.807) is 7.11 Å². The Bertz CT molecular complexity index is 1280. The van der Waals surface area contributed by atoms with Crippen molar-refractivity contribution >= 4 is 33.5 Å². The van der Waals surface area contributed by atoms with Gasteiger partial charge in [-0.2, -0.15) is 4.57 Å². The summed E-state index contributed by atoms with van der Waals surface area (Å²) in [5.74, 6) is 1.39. The number of benzene rings is 1. The van der Waals surface area contributed by atoms with E-state index >= 15 is 0 Å². The minimum Gasteiger partial charge on any atom is -0.493 e. The number of aryl methyl sites for hydroxylation is 2. The summed E-state index contributed by atoms with van der Waals surface area (Å²) in [4.78, 5) is 0. The summed E-state index contributed by atoms with van der Waals surface area (Å²) in [5, 5.41) is 13.2. The Labute approximate surface area is 208 Å². The number of pyridine rings is 1. The summed E-state index contributed by atoms with van der Waals surface area (Å²) in [6.07, 6.45) is 3.98. The van der Waals surface area contributed by atoms with Crippen molar-refractivity contribution < 1.29 is 51.3 Å². The van der Waals surface area contributed by atoms with Gasteiger partial charge in [0.1, 0.15) is 11.4 Å². The third-order valence-corrected chi connectivity index (χ3v) is 6.46. The van der Waals surface area contributed by atoms with Crippen LogP contribution in [0.5, 0.6) is 11.5 Å². The molecule has 0 aliphatic carbocycles. The smallest absolute Gasteiger partial charge is 0.416 e. The van der Waals surface area contributed by atoms with Crippen LogP contribution in [0.3, 0.4) is 0 Å². The van der Waals surface area contributed by atoms with Crippen LogP contribution in [0, 0.1) is 24.1 Å². The zero-order valence-electron chi connectivity index (χ0n) is 19.1. The number of methoxy groups -OCH3 is 1. The van der Waals surface area contributed by atoms with E-state index in [0.29, 0.717) is 23.2 Å². The van der Waals surface area contributed by atoms with Crippen LogP contribution in [-0.2, 0) is 10.0 Å². The van der Waals surface area contributed by atoms with Crippen molar-refractivity contribution in [3.63, 3.8) is 0 Å². The van der Waals surface area contributed by atoms with Gasteiger partial charge in [-0.25, -0.2) is 32.2 Å². The van der Waals surface area contributed by atoms with E-state index in [0.717, 1.165) is 33.9 Å². The van der Waals surface area contributed by atoms with Gasteiger partial charge in [-0.15, -0.1) is 10.2 Å². The molecule has 0 aliphatic rings. The quantitative estimate of drug-likeness (QED) is 0.320. The zero-order valence-corrected chi connectivity index (χ0v) is 21.5. The van der Waals surface area contributed by atoms with Gasteiger partial charge in [-0.05, 0) is 72.6 Å². The van der Waals surface area contributed by atoms with Gasteiger partial charge in [-0.3, -0.25) is 0 Å². The fraction of sp³-hybridized carbons (Fsp3) is 0.250. The van der Waals surface area contributed by atoms with Crippen LogP contribution in [-0.4, -0.2) is 32.3 Å². The molecule has 12 nitrogen and oxygen atoms in total. The molecule has 0 unspecified atom stereocenters. The lowest BCUT2D eigenvalue weighted by molar-refractivity contribution is -2.00. The molecule has 15 heteroatoms. The maximum absolute atomic E-state index is 11.5. The molecule has 0 aliphatic heterocycles. The van der Waals surface area contributed by atoms with Gasteiger partial charge < -0.3 is 9.47 Å². The van der Waals surface area contributed by atoms with E-state index in [4.69, 9.17) is 33.2 Å². The highest BCUT2D eigenvalue weighted by Crippen LogP contribution is 2.28. The molecule has 3 aromatic rings. The second-order valence-corrected chi connectivity index (χ2v) is 10.3. The number of rotatable bonds is 7. The Hall–Kier alpha value is -2.69. The lowest BCUT2D eigenvalue weighted by atomic mass is 10.1. The number of hydrogen-bond donors (Lipinski definition) is 1. The summed E-state index contributed by atoms with van der Waals surface area (Å²) in [7, 11) is -7.21. The topological polar surface area (TPSA) is 201 Å². The molecule has 3 rings (SSSR count). The van der Waals surface area contributed by atoms with Crippen LogP contribution in [0.1, 0.15) is 29.4 Å². The van der Waals surface area contributed by atoms with Crippen molar-refractivity contribution in [2.75, 3.05) is 13.7 Å². The highest BCUT2D eigenvalue weighted by atomic mass is 35.7. The lowest BCUT2D eigenvalue weighted by Gasteiger charge is -2.17. The first-order valence-corrected chi connectivity index (χ1v) is 13.3. The van der Waals surface area contributed by atoms with Gasteiger partial charge in [0.05, 0.1) is 18.8 Å². The summed E-state index contributed by atoms with van der Waals surface area (Å²) in [6, 6.07) is 9.72. The van der Waals surface area contributed by atoms with E-state index in [2.05, 4.69) is 10.2 Å². The highest BCUT2D eigenvalue weighted by molar-refractivity contribution is 7.91. The molecule has 2 heterocycles. The first-order valence-electron chi connectivity index (χ1n) is 9.73. The minimum atomic E-state index is -4.94. The molecule has 2 N–H and O–H groups in total. The lowest BCUT2D eigenvalue weighted by Crippen LogP contribution is -2.68. The largest absolute Gasteiger partial charge is 0.493 e. The number of halogens is 1. The summed E-state index contributed by atoms with van der Waals surface area (Å²) in [6.45, 7) is 6.34. The average Bonchev–Trinajstić information content (AvgIpc) is 3.22. The molecule has 190 valence electrons. The molecular formula is C20H23ClN4O8S2. The third-order valence-electron chi connectivity index (χ3n) is 4.24. The highest BCUT2D eigenvalue weighted by Gasteiger charge is 2.25. The van der Waals surface area contributed by atoms with Crippen LogP contribution < -0.4 is 37.8 Å². The molecule has 0 saturated heterocycles. The normalized spacial score (nSPS) is 11.8. The van der Waals surface area contributed by atoms with Crippen LogP contribution in [0.25, 0.3) is 17.3 Å². The monoisotopic (exact) mass is 546 g/mol. The number of nitrogens with zero attached hydrogens (tertiary/aromatic N) is 3. The Balaban J connectivity index is 0.000000784. The fourth-order valence-electron chi connectivity index (χ4n) is 2.99. The predicted octanol–water partition coefficient (Wildman–Crippen LogP) is -2.10. The molecule has 0 atom stereocenters. The van der Waals surface area contributed by atoms with Gasteiger partial charge >= 0.3 is 5.13 Å². The van der Waals surface area contributed by atoms with Crippen LogP contribution in [0.15, 0.2) is 34.7 Å². The van der Waals surface area contributed by atoms with Crippen LogP contribution >= 0.6 is 11.3 Å². The summed E-state index contributed by atoms with van der Waals surface area (Å²) >= 11 is 0.931. The molecule has 0 amide bonds. The number of hydrogen-bond acceptors (Lipinski definition) is 11. The van der Waals surface area contributed by atoms with Crippen molar-refractivity contribution in [2.24, 2.45) is 5.14 Å². The molecule has 0 bridgehead atoms. The second-order valence-electron chi connectivity index (χ2n) is 6.86. The molecule has 0 saturated carbocycles. The SMILES string of the molecule is CCOc1ccc(/C=C/c2cc(C)[n+](-c3nnc(S(N)(=O)=O)s3)c(C)c2)cc1OC.[O-][Cl+3]([O-])([O-])[O-]. The average molecular weight is 547 g/mol. The molecule has 0 radical (unpaired) electrons. The number of ether oxygens (including phenoxy) is 2. The fourth-order valence-corrected chi connectivity index (χ4v) is 4.53. The van der Waals surface area contributed by atoms with Crippen LogP contribution in [0.2, 0.25) is 0 Å². The van der Waals surface area contributed by atoms with Crippen molar-refractivity contribution in [1.82, 2.24) is 10.2 Å². The minimum absolute atomic E-state index is 0.211. The summed E-state index contributed by atoms with van der Waals surface area (Å²) < 4.78 is 69.5.